The third kappa shape index (κ3) is 6.98. The Balaban J connectivity index is 2.38. The maximum Gasteiger partial charge on any atom is 0.236 e. The lowest BCUT2D eigenvalue weighted by atomic mass is 10.2. The smallest absolute Gasteiger partial charge is 0.236 e. The Bertz CT molecular complexity index is 450. The van der Waals surface area contributed by atoms with E-state index in [9.17, 15) is 4.79 Å². The van der Waals surface area contributed by atoms with E-state index in [2.05, 4.69) is 26.6 Å². The van der Waals surface area contributed by atoms with Crippen molar-refractivity contribution in [3.8, 4) is 0 Å². The topological polar surface area (TPSA) is 60.5 Å². The molecule has 0 aromatic carbocycles. The molecule has 6 nitrogen and oxygen atoms in total. The van der Waals surface area contributed by atoms with Crippen molar-refractivity contribution in [3.63, 3.8) is 0 Å². The highest BCUT2D eigenvalue weighted by Gasteiger charge is 2.11. The number of amides is 1. The zero-order valence-electron chi connectivity index (χ0n) is 14.2. The highest BCUT2D eigenvalue weighted by molar-refractivity contribution is 5.78. The van der Waals surface area contributed by atoms with E-state index in [0.717, 1.165) is 31.9 Å². The van der Waals surface area contributed by atoms with Crippen LogP contribution in [0.4, 0.5) is 0 Å². The van der Waals surface area contributed by atoms with E-state index in [-0.39, 0.29) is 5.91 Å². The van der Waals surface area contributed by atoms with Gasteiger partial charge in [0.2, 0.25) is 5.91 Å². The van der Waals surface area contributed by atoms with E-state index in [0.29, 0.717) is 13.1 Å². The number of hydrogen-bond donors (Lipinski definition) is 2. The summed E-state index contributed by atoms with van der Waals surface area (Å²) < 4.78 is 0. The zero-order chi connectivity index (χ0) is 16.4. The summed E-state index contributed by atoms with van der Waals surface area (Å²) >= 11 is 0. The highest BCUT2D eigenvalue weighted by Crippen LogP contribution is 2.01. The molecule has 1 heterocycles. The zero-order valence-corrected chi connectivity index (χ0v) is 14.2. The first-order chi connectivity index (χ1) is 10.6. The first-order valence-electron chi connectivity index (χ1n) is 7.78. The summed E-state index contributed by atoms with van der Waals surface area (Å²) in [5, 5.41) is 6.30. The molecule has 22 heavy (non-hydrogen) atoms. The van der Waals surface area contributed by atoms with E-state index in [1.165, 1.54) is 5.56 Å². The van der Waals surface area contributed by atoms with Crippen LogP contribution in [-0.4, -0.2) is 68.0 Å². The number of pyridine rings is 1. The average Bonchev–Trinajstić information content (AvgIpc) is 2.48. The molecule has 0 atom stereocenters. The molecule has 1 aromatic rings. The van der Waals surface area contributed by atoms with Crippen LogP contribution in [0.3, 0.4) is 0 Å². The van der Waals surface area contributed by atoms with Crippen molar-refractivity contribution in [1.82, 2.24) is 25.4 Å². The van der Waals surface area contributed by atoms with Gasteiger partial charge in [0.25, 0.3) is 0 Å². The second-order valence-corrected chi connectivity index (χ2v) is 5.57. The van der Waals surface area contributed by atoms with E-state index < -0.39 is 0 Å². The minimum absolute atomic E-state index is 0.135. The molecule has 0 radical (unpaired) electrons. The molecule has 0 aliphatic carbocycles. The minimum Gasteiger partial charge on any atom is -0.341 e. The fourth-order valence-electron chi connectivity index (χ4n) is 2.13. The largest absolute Gasteiger partial charge is 0.341 e. The van der Waals surface area contributed by atoms with Gasteiger partial charge in [-0.25, -0.2) is 0 Å². The second-order valence-electron chi connectivity index (χ2n) is 5.57. The number of carbonyl (C=O) groups excluding carboxylic acids is 1. The molecule has 0 aliphatic heterocycles. The SMILES string of the molecule is CCN(CCN(C)C)C(=O)CNCc1cc(CNC)ccn1. The van der Waals surface area contributed by atoms with Crippen LogP contribution in [0.15, 0.2) is 18.3 Å². The average molecular weight is 307 g/mol. The fourth-order valence-corrected chi connectivity index (χ4v) is 2.13. The number of aromatic nitrogens is 1. The highest BCUT2D eigenvalue weighted by atomic mass is 16.2. The third-order valence-corrected chi connectivity index (χ3v) is 3.40. The summed E-state index contributed by atoms with van der Waals surface area (Å²) in [7, 11) is 5.95. The van der Waals surface area contributed by atoms with Gasteiger partial charge in [-0.2, -0.15) is 0 Å². The lowest BCUT2D eigenvalue weighted by molar-refractivity contribution is -0.130. The number of hydrogen-bond acceptors (Lipinski definition) is 5. The van der Waals surface area contributed by atoms with Crippen LogP contribution in [0, 0.1) is 0 Å². The summed E-state index contributed by atoms with van der Waals surface area (Å²) in [6, 6.07) is 4.04. The molecule has 0 spiro atoms. The summed E-state index contributed by atoms with van der Waals surface area (Å²) in [5.41, 5.74) is 2.15. The maximum atomic E-state index is 12.2. The molecular weight excluding hydrogens is 278 g/mol. The molecule has 1 rings (SSSR count). The van der Waals surface area contributed by atoms with Crippen LogP contribution in [0.25, 0.3) is 0 Å². The predicted molar refractivity (Wildman–Crippen MR) is 89.5 cm³/mol. The summed E-state index contributed by atoms with van der Waals surface area (Å²) in [6.07, 6.45) is 1.81. The van der Waals surface area contributed by atoms with Gasteiger partial charge in [-0.1, -0.05) is 0 Å². The van der Waals surface area contributed by atoms with Gasteiger partial charge in [-0.15, -0.1) is 0 Å². The van der Waals surface area contributed by atoms with E-state index in [1.54, 1.807) is 6.20 Å². The van der Waals surface area contributed by atoms with Gasteiger partial charge < -0.3 is 20.4 Å². The van der Waals surface area contributed by atoms with Gasteiger partial charge in [0.1, 0.15) is 0 Å². The van der Waals surface area contributed by atoms with Crippen LogP contribution in [-0.2, 0) is 17.9 Å². The third-order valence-electron chi connectivity index (χ3n) is 3.40. The maximum absolute atomic E-state index is 12.2. The van der Waals surface area contributed by atoms with Gasteiger partial charge in [0, 0.05) is 38.9 Å². The lowest BCUT2D eigenvalue weighted by Gasteiger charge is -2.23. The van der Waals surface area contributed by atoms with Gasteiger partial charge >= 0.3 is 0 Å². The number of nitrogens with one attached hydrogen (secondary N) is 2. The van der Waals surface area contributed by atoms with Gasteiger partial charge in [0.05, 0.1) is 12.2 Å². The predicted octanol–water partition coefficient (Wildman–Crippen LogP) is 0.301. The van der Waals surface area contributed by atoms with Crippen LogP contribution >= 0.6 is 0 Å². The Hall–Kier alpha value is -1.50. The molecule has 0 bridgehead atoms. The molecule has 1 aromatic heterocycles. The number of likely N-dealkylation sites (N-methyl/N-ethyl adjacent to an activating group) is 2. The van der Waals surface area contributed by atoms with E-state index in [1.807, 2.05) is 39.0 Å². The van der Waals surface area contributed by atoms with E-state index >= 15 is 0 Å². The Kier molecular flexibility index (Phi) is 8.65. The van der Waals surface area contributed by atoms with Crippen molar-refractivity contribution in [1.29, 1.82) is 0 Å². The van der Waals surface area contributed by atoms with Gasteiger partial charge in [0.15, 0.2) is 0 Å². The van der Waals surface area contributed by atoms with Crippen LogP contribution in [0.5, 0.6) is 0 Å². The van der Waals surface area contributed by atoms with Crippen LogP contribution in [0.2, 0.25) is 0 Å². The molecule has 0 fully saturated rings. The van der Waals surface area contributed by atoms with Crippen LogP contribution in [0.1, 0.15) is 18.2 Å². The fraction of sp³-hybridized carbons (Fsp3) is 0.625. The molecule has 0 saturated heterocycles. The molecule has 1 amide bonds. The summed E-state index contributed by atoms with van der Waals surface area (Å²) in [4.78, 5) is 20.4. The second kappa shape index (κ2) is 10.3. The molecule has 0 unspecified atom stereocenters. The Labute approximate surface area is 133 Å². The van der Waals surface area contributed by atoms with Crippen molar-refractivity contribution in [2.24, 2.45) is 0 Å². The number of carbonyl (C=O) groups is 1. The summed E-state index contributed by atoms with van der Waals surface area (Å²) in [6.45, 7) is 6.17. The number of rotatable bonds is 10. The molecule has 0 aliphatic rings. The molecular formula is C16H29N5O. The monoisotopic (exact) mass is 307 g/mol. The molecule has 0 saturated carbocycles. The standard InChI is InChI=1S/C16H29N5O/c1-5-21(9-8-20(3)4)16(22)13-18-12-15-10-14(11-17-2)6-7-19-15/h6-7,10,17-18H,5,8-9,11-13H2,1-4H3. The summed E-state index contributed by atoms with van der Waals surface area (Å²) in [5.74, 6) is 0.135. The van der Waals surface area contributed by atoms with E-state index in [4.69, 9.17) is 0 Å². The quantitative estimate of drug-likeness (QED) is 0.651. The lowest BCUT2D eigenvalue weighted by Crippen LogP contribution is -2.41. The minimum atomic E-state index is 0.135. The Morgan fingerprint density at radius 3 is 2.68 bits per heavy atom. The first kappa shape index (κ1) is 18.5. The van der Waals surface area contributed by atoms with Gasteiger partial charge in [-0.3, -0.25) is 9.78 Å². The number of nitrogens with zero attached hydrogens (tertiary/aromatic N) is 3. The Morgan fingerprint density at radius 1 is 1.27 bits per heavy atom. The van der Waals surface area contributed by atoms with Crippen molar-refractivity contribution in [2.45, 2.75) is 20.0 Å². The molecule has 6 heteroatoms. The van der Waals surface area contributed by atoms with Crippen molar-refractivity contribution in [3.05, 3.63) is 29.6 Å². The van der Waals surface area contributed by atoms with Crippen molar-refractivity contribution in [2.75, 3.05) is 47.3 Å². The van der Waals surface area contributed by atoms with Crippen molar-refractivity contribution < 1.29 is 4.79 Å². The van der Waals surface area contributed by atoms with Crippen LogP contribution < -0.4 is 10.6 Å². The molecule has 124 valence electrons. The van der Waals surface area contributed by atoms with Crippen molar-refractivity contribution >= 4 is 5.91 Å². The normalized spacial score (nSPS) is 11.0. The first-order valence-corrected chi connectivity index (χ1v) is 7.78. The molecule has 2 N–H and O–H groups in total. The van der Waals surface area contributed by atoms with Gasteiger partial charge in [-0.05, 0) is 45.8 Å². The Morgan fingerprint density at radius 2 is 2.05 bits per heavy atom.